The minimum Gasteiger partial charge on any atom is -0.313 e. The van der Waals surface area contributed by atoms with Gasteiger partial charge in [-0.15, -0.1) is 0 Å². The molecule has 0 aromatic heterocycles. The molecule has 2 rings (SSSR count). The summed E-state index contributed by atoms with van der Waals surface area (Å²) in [4.78, 5) is 0.340. The minimum atomic E-state index is -3.50. The fraction of sp³-hybridized carbons (Fsp3) is 0.533. The fourth-order valence-corrected chi connectivity index (χ4v) is 3.98. The van der Waals surface area contributed by atoms with Gasteiger partial charge in [0, 0.05) is 17.5 Å². The summed E-state index contributed by atoms with van der Waals surface area (Å²) in [6.45, 7) is 7.22. The lowest BCUT2D eigenvalue weighted by Gasteiger charge is -2.24. The predicted octanol–water partition coefficient (Wildman–Crippen LogP) is 2.59. The highest BCUT2D eigenvalue weighted by Gasteiger charge is 2.33. The van der Waals surface area contributed by atoms with Crippen molar-refractivity contribution in [1.29, 1.82) is 0 Å². The van der Waals surface area contributed by atoms with E-state index in [1.807, 2.05) is 19.1 Å². The Hall–Kier alpha value is -1.20. The van der Waals surface area contributed by atoms with E-state index in [1.54, 1.807) is 12.1 Å². The molecule has 1 aliphatic heterocycles. The molecule has 0 radical (unpaired) electrons. The van der Waals surface area contributed by atoms with Gasteiger partial charge in [-0.3, -0.25) is 0 Å². The average Bonchev–Trinajstić information content (AvgIpc) is 2.72. The molecule has 1 aromatic carbocycles. The van der Waals surface area contributed by atoms with Crippen LogP contribution in [0.25, 0.3) is 0 Å². The molecular formula is C15H22N2O2S. The van der Waals surface area contributed by atoms with E-state index in [0.717, 1.165) is 24.9 Å². The summed E-state index contributed by atoms with van der Waals surface area (Å²) in [5.74, 6) is 0.0741. The standard InChI is InChI=1S/C15H22N2O2S/c1-4-10-16-13(5-2)11(3)15-12-8-6-7-9-14(12)20(18,19)17-15/h6-9,11,13,16H,4-5,10H2,1-3H3. The largest absolute Gasteiger partial charge is 0.313 e. The highest BCUT2D eigenvalue weighted by molar-refractivity contribution is 7.90. The summed E-state index contributed by atoms with van der Waals surface area (Å²) >= 11 is 0. The Morgan fingerprint density at radius 2 is 1.95 bits per heavy atom. The third-order valence-corrected chi connectivity index (χ3v) is 5.14. The molecule has 1 N–H and O–H groups in total. The van der Waals surface area contributed by atoms with Crippen molar-refractivity contribution < 1.29 is 8.42 Å². The van der Waals surface area contributed by atoms with Crippen LogP contribution in [0.5, 0.6) is 0 Å². The van der Waals surface area contributed by atoms with Crippen molar-refractivity contribution in [2.45, 2.75) is 44.6 Å². The Kier molecular flexibility index (Phi) is 4.60. The Balaban J connectivity index is 2.33. The van der Waals surface area contributed by atoms with Gasteiger partial charge in [0.1, 0.15) is 0 Å². The number of benzene rings is 1. The van der Waals surface area contributed by atoms with Crippen LogP contribution >= 0.6 is 0 Å². The van der Waals surface area contributed by atoms with E-state index in [9.17, 15) is 8.42 Å². The number of nitrogens with zero attached hydrogens (tertiary/aromatic N) is 1. The Bertz CT molecular complexity index is 608. The lowest BCUT2D eigenvalue weighted by Crippen LogP contribution is -2.38. The second kappa shape index (κ2) is 6.06. The summed E-state index contributed by atoms with van der Waals surface area (Å²) in [6.07, 6.45) is 2.01. The van der Waals surface area contributed by atoms with Gasteiger partial charge in [0.25, 0.3) is 10.0 Å². The van der Waals surface area contributed by atoms with E-state index < -0.39 is 10.0 Å². The Morgan fingerprint density at radius 3 is 2.60 bits per heavy atom. The molecule has 20 heavy (non-hydrogen) atoms. The van der Waals surface area contributed by atoms with Crippen molar-refractivity contribution in [2.24, 2.45) is 10.3 Å². The highest BCUT2D eigenvalue weighted by Crippen LogP contribution is 2.30. The first-order chi connectivity index (χ1) is 9.51. The maximum absolute atomic E-state index is 12.1. The van der Waals surface area contributed by atoms with E-state index in [2.05, 4.69) is 23.6 Å². The number of nitrogens with one attached hydrogen (secondary N) is 1. The third kappa shape index (κ3) is 2.79. The fourth-order valence-electron chi connectivity index (χ4n) is 2.65. The van der Waals surface area contributed by atoms with Gasteiger partial charge < -0.3 is 5.32 Å². The minimum absolute atomic E-state index is 0.0741. The summed E-state index contributed by atoms with van der Waals surface area (Å²) in [7, 11) is -3.50. The molecular weight excluding hydrogens is 272 g/mol. The lowest BCUT2D eigenvalue weighted by molar-refractivity contribution is 0.435. The number of sulfonamides is 1. The summed E-state index contributed by atoms with van der Waals surface area (Å²) in [6, 6.07) is 7.33. The van der Waals surface area contributed by atoms with Crippen molar-refractivity contribution in [3.8, 4) is 0 Å². The first-order valence-electron chi connectivity index (χ1n) is 7.19. The second-order valence-electron chi connectivity index (χ2n) is 5.21. The molecule has 1 heterocycles. The molecule has 1 aliphatic rings. The monoisotopic (exact) mass is 294 g/mol. The molecule has 5 heteroatoms. The van der Waals surface area contributed by atoms with Gasteiger partial charge in [-0.1, -0.05) is 39.0 Å². The number of hydrogen-bond donors (Lipinski definition) is 1. The molecule has 0 amide bonds. The topological polar surface area (TPSA) is 58.5 Å². The molecule has 2 unspecified atom stereocenters. The van der Waals surface area contributed by atoms with Crippen LogP contribution in [0.15, 0.2) is 33.6 Å². The van der Waals surface area contributed by atoms with Gasteiger partial charge in [-0.25, -0.2) is 0 Å². The molecule has 0 fully saturated rings. The zero-order valence-corrected chi connectivity index (χ0v) is 13.1. The van der Waals surface area contributed by atoms with Crippen molar-refractivity contribution in [3.63, 3.8) is 0 Å². The second-order valence-corrected chi connectivity index (χ2v) is 6.78. The predicted molar refractivity (Wildman–Crippen MR) is 81.7 cm³/mol. The zero-order chi connectivity index (χ0) is 14.8. The molecule has 110 valence electrons. The van der Waals surface area contributed by atoms with Gasteiger partial charge in [-0.2, -0.15) is 12.8 Å². The quantitative estimate of drug-likeness (QED) is 0.877. The van der Waals surface area contributed by atoms with Gasteiger partial charge in [0.2, 0.25) is 0 Å². The maximum Gasteiger partial charge on any atom is 0.283 e. The van der Waals surface area contributed by atoms with Gasteiger partial charge in [0.15, 0.2) is 0 Å². The zero-order valence-electron chi connectivity index (χ0n) is 12.3. The molecule has 1 aromatic rings. The summed E-state index contributed by atoms with van der Waals surface area (Å²) in [5, 5.41) is 3.48. The van der Waals surface area contributed by atoms with E-state index in [-0.39, 0.29) is 12.0 Å². The SMILES string of the molecule is CCCNC(CC)C(C)C1=NS(=O)(=O)c2ccccc21. The van der Waals surface area contributed by atoms with Crippen molar-refractivity contribution in [3.05, 3.63) is 29.8 Å². The molecule has 0 saturated carbocycles. The van der Waals surface area contributed by atoms with Crippen LogP contribution in [-0.4, -0.2) is 26.7 Å². The van der Waals surface area contributed by atoms with Crippen LogP contribution in [-0.2, 0) is 10.0 Å². The normalized spacial score (nSPS) is 19.2. The molecule has 0 bridgehead atoms. The smallest absolute Gasteiger partial charge is 0.283 e. The third-order valence-electron chi connectivity index (χ3n) is 3.79. The molecule has 0 aliphatic carbocycles. The number of hydrogen-bond acceptors (Lipinski definition) is 3. The van der Waals surface area contributed by atoms with Crippen LogP contribution in [0, 0.1) is 5.92 Å². The number of rotatable bonds is 6. The van der Waals surface area contributed by atoms with Crippen LogP contribution in [0.3, 0.4) is 0 Å². The van der Waals surface area contributed by atoms with Gasteiger partial charge >= 0.3 is 0 Å². The summed E-state index contributed by atoms with van der Waals surface area (Å²) < 4.78 is 28.2. The van der Waals surface area contributed by atoms with E-state index in [0.29, 0.717) is 10.6 Å². The van der Waals surface area contributed by atoms with E-state index >= 15 is 0 Å². The molecule has 2 atom stereocenters. The van der Waals surface area contributed by atoms with Gasteiger partial charge in [-0.05, 0) is 25.5 Å². The van der Waals surface area contributed by atoms with Crippen LogP contribution in [0.1, 0.15) is 39.2 Å². The first-order valence-corrected chi connectivity index (χ1v) is 8.63. The number of fused-ring (bicyclic) bond motifs is 1. The Labute approximate surface area is 121 Å². The van der Waals surface area contributed by atoms with E-state index in [1.165, 1.54) is 0 Å². The summed E-state index contributed by atoms with van der Waals surface area (Å²) in [5.41, 5.74) is 1.45. The van der Waals surface area contributed by atoms with Gasteiger partial charge in [0.05, 0.1) is 10.6 Å². The Morgan fingerprint density at radius 1 is 1.25 bits per heavy atom. The molecule has 0 saturated heterocycles. The van der Waals surface area contributed by atoms with E-state index in [4.69, 9.17) is 0 Å². The van der Waals surface area contributed by atoms with Crippen molar-refractivity contribution in [2.75, 3.05) is 6.54 Å². The average molecular weight is 294 g/mol. The first kappa shape index (κ1) is 15.2. The lowest BCUT2D eigenvalue weighted by atomic mass is 9.90. The highest BCUT2D eigenvalue weighted by atomic mass is 32.2. The maximum atomic E-state index is 12.1. The molecule has 0 spiro atoms. The van der Waals surface area contributed by atoms with Crippen LogP contribution in [0.2, 0.25) is 0 Å². The van der Waals surface area contributed by atoms with Crippen molar-refractivity contribution in [1.82, 2.24) is 5.32 Å². The molecule has 4 nitrogen and oxygen atoms in total. The van der Waals surface area contributed by atoms with Crippen LogP contribution < -0.4 is 5.32 Å². The van der Waals surface area contributed by atoms with Crippen LogP contribution in [0.4, 0.5) is 0 Å². The van der Waals surface area contributed by atoms with Crippen molar-refractivity contribution >= 4 is 15.7 Å².